The third-order valence-corrected chi connectivity index (χ3v) is 9.66. The number of aryl methyl sites for hydroxylation is 1. The first-order chi connectivity index (χ1) is 22.8. The molecule has 0 saturated heterocycles. The van der Waals surface area contributed by atoms with Crippen molar-refractivity contribution in [2.24, 2.45) is 5.41 Å². The summed E-state index contributed by atoms with van der Waals surface area (Å²) in [5.74, 6) is -0.562. The van der Waals surface area contributed by atoms with E-state index in [-0.39, 0.29) is 16.3 Å². The van der Waals surface area contributed by atoms with Crippen LogP contribution in [0.2, 0.25) is 0 Å². The minimum absolute atomic E-state index is 0.0363. The molecule has 0 aliphatic heterocycles. The summed E-state index contributed by atoms with van der Waals surface area (Å²) in [6, 6.07) is 7.81. The lowest BCUT2D eigenvalue weighted by atomic mass is 9.87. The van der Waals surface area contributed by atoms with Crippen molar-refractivity contribution in [3.63, 3.8) is 0 Å². The Morgan fingerprint density at radius 3 is 2.04 bits per heavy atom. The summed E-state index contributed by atoms with van der Waals surface area (Å²) in [5, 5.41) is 16.2. The Balaban J connectivity index is 2.07. The highest BCUT2D eigenvalue weighted by Gasteiger charge is 2.31. The minimum atomic E-state index is -0.921. The molecule has 4 aromatic rings. The predicted octanol–water partition coefficient (Wildman–Crippen LogP) is 8.64. The standard InChI is InChI=1S/C38H54N4O7S/c1-22(35(2,3)4)40(13)21-23-17-24(15-16-38(11,12)46)25-19-27(41(26(25)18-23)33(44)48-36(5,6)7)30-31-28(20-29(50-31)32(43)47-14)42(39-30)34(45)49-37(8,9)10/h17-20,22,46H,15-16,21H2,1-14H3. The molecule has 3 heterocycles. The first-order valence-corrected chi connectivity index (χ1v) is 17.8. The zero-order chi connectivity index (χ0) is 37.7. The van der Waals surface area contributed by atoms with Gasteiger partial charge in [0.15, 0.2) is 0 Å². The van der Waals surface area contributed by atoms with Gasteiger partial charge < -0.3 is 19.3 Å². The van der Waals surface area contributed by atoms with Crippen LogP contribution in [0, 0.1) is 5.41 Å². The first-order valence-electron chi connectivity index (χ1n) is 17.0. The Morgan fingerprint density at radius 2 is 1.50 bits per heavy atom. The number of methoxy groups -OCH3 is 1. The molecule has 0 aliphatic carbocycles. The van der Waals surface area contributed by atoms with Crippen molar-refractivity contribution in [1.82, 2.24) is 19.2 Å². The summed E-state index contributed by atoms with van der Waals surface area (Å²) in [6.45, 7) is 23.7. The van der Waals surface area contributed by atoms with Crippen LogP contribution >= 0.6 is 11.3 Å². The van der Waals surface area contributed by atoms with Gasteiger partial charge in [0, 0.05) is 18.0 Å². The summed E-state index contributed by atoms with van der Waals surface area (Å²) in [4.78, 5) is 43.0. The van der Waals surface area contributed by atoms with Gasteiger partial charge in [-0.25, -0.2) is 19.0 Å². The van der Waals surface area contributed by atoms with E-state index < -0.39 is 35.0 Å². The van der Waals surface area contributed by atoms with E-state index >= 15 is 0 Å². The fourth-order valence-corrected chi connectivity index (χ4v) is 6.72. The molecule has 1 N–H and O–H groups in total. The van der Waals surface area contributed by atoms with Gasteiger partial charge in [0.2, 0.25) is 0 Å². The number of aromatic nitrogens is 3. The zero-order valence-corrected chi connectivity index (χ0v) is 32.9. The number of carbonyl (C=O) groups excluding carboxylic acids is 3. The van der Waals surface area contributed by atoms with E-state index in [0.29, 0.717) is 46.5 Å². The second-order valence-corrected chi connectivity index (χ2v) is 17.9. The smallest absolute Gasteiger partial charge is 0.435 e. The number of fused-ring (bicyclic) bond motifs is 2. The lowest BCUT2D eigenvalue weighted by Gasteiger charge is -2.35. The number of thiophene rings is 1. The molecule has 1 atom stereocenters. The Morgan fingerprint density at radius 1 is 0.900 bits per heavy atom. The number of aliphatic hydroxyl groups is 1. The van der Waals surface area contributed by atoms with Gasteiger partial charge in [-0.2, -0.15) is 9.78 Å². The van der Waals surface area contributed by atoms with Crippen LogP contribution in [0.25, 0.3) is 32.5 Å². The van der Waals surface area contributed by atoms with Crippen molar-refractivity contribution < 1.29 is 33.7 Å². The Bertz CT molecular complexity index is 1910. The SMILES string of the molecule is COC(=O)c1cc2c(s1)c(-c1cc3c(CCC(C)(C)O)cc(CN(C)C(C)C(C)(C)C)cc3n1C(=O)OC(C)(C)C)nn2C(=O)OC(C)(C)C. The van der Waals surface area contributed by atoms with Crippen LogP contribution in [0.1, 0.15) is 110 Å². The monoisotopic (exact) mass is 710 g/mol. The second kappa shape index (κ2) is 13.8. The maximum Gasteiger partial charge on any atom is 0.435 e. The molecule has 0 bridgehead atoms. The summed E-state index contributed by atoms with van der Waals surface area (Å²) >= 11 is 1.12. The van der Waals surface area contributed by atoms with Crippen LogP contribution in [-0.2, 0) is 27.2 Å². The van der Waals surface area contributed by atoms with Gasteiger partial charge in [0.1, 0.15) is 21.8 Å². The van der Waals surface area contributed by atoms with Gasteiger partial charge >= 0.3 is 18.2 Å². The van der Waals surface area contributed by atoms with E-state index in [0.717, 1.165) is 32.5 Å². The van der Waals surface area contributed by atoms with E-state index in [4.69, 9.17) is 19.3 Å². The van der Waals surface area contributed by atoms with Crippen molar-refractivity contribution in [3.8, 4) is 11.4 Å². The largest absolute Gasteiger partial charge is 0.465 e. The number of ether oxygens (including phenoxy) is 3. The van der Waals surface area contributed by atoms with Gasteiger partial charge in [-0.3, -0.25) is 4.90 Å². The average molecular weight is 711 g/mol. The first kappa shape index (κ1) is 39.1. The molecule has 0 fully saturated rings. The Hall–Kier alpha value is -3.74. The van der Waals surface area contributed by atoms with E-state index in [2.05, 4.69) is 45.7 Å². The van der Waals surface area contributed by atoms with Crippen molar-refractivity contribution in [1.29, 1.82) is 0 Å². The lowest BCUT2D eigenvalue weighted by Crippen LogP contribution is -2.38. The maximum absolute atomic E-state index is 14.2. The average Bonchev–Trinajstić information content (AvgIpc) is 3.64. The molecule has 0 spiro atoms. The topological polar surface area (TPSA) is 125 Å². The third-order valence-electron chi connectivity index (χ3n) is 8.55. The normalized spacial score (nSPS) is 13.7. The molecule has 0 amide bonds. The van der Waals surface area contributed by atoms with Crippen LogP contribution in [0.5, 0.6) is 0 Å². The van der Waals surface area contributed by atoms with Crippen molar-refractivity contribution in [2.75, 3.05) is 14.2 Å². The number of hydrogen-bond acceptors (Lipinski definition) is 10. The van der Waals surface area contributed by atoms with E-state index in [9.17, 15) is 19.5 Å². The highest BCUT2D eigenvalue weighted by molar-refractivity contribution is 7.21. The van der Waals surface area contributed by atoms with E-state index in [1.807, 2.05) is 12.1 Å². The number of hydrogen-bond donors (Lipinski definition) is 1. The molecular formula is C38H54N4O7S. The van der Waals surface area contributed by atoms with Crippen LogP contribution in [0.15, 0.2) is 24.3 Å². The predicted molar refractivity (Wildman–Crippen MR) is 198 cm³/mol. The Labute approximate surface area is 299 Å². The maximum atomic E-state index is 14.2. The molecule has 1 unspecified atom stereocenters. The summed E-state index contributed by atoms with van der Waals surface area (Å²) < 4.78 is 19.8. The van der Waals surface area contributed by atoms with Gasteiger partial charge in [0.25, 0.3) is 0 Å². The molecular weight excluding hydrogens is 657 g/mol. The van der Waals surface area contributed by atoms with E-state index in [1.54, 1.807) is 61.5 Å². The number of carbonyl (C=O) groups is 3. The molecule has 0 aliphatic rings. The fraction of sp³-hybridized carbons (Fsp3) is 0.579. The van der Waals surface area contributed by atoms with E-state index in [1.165, 1.54) is 11.7 Å². The quantitative estimate of drug-likeness (QED) is 0.141. The van der Waals surface area contributed by atoms with Crippen molar-refractivity contribution >= 4 is 50.6 Å². The molecule has 0 radical (unpaired) electrons. The summed E-state index contributed by atoms with van der Waals surface area (Å²) in [5.41, 5.74) is 1.07. The van der Waals surface area contributed by atoms with Gasteiger partial charge in [-0.1, -0.05) is 26.8 Å². The molecule has 1 aromatic carbocycles. The van der Waals surface area contributed by atoms with Crippen molar-refractivity contribution in [3.05, 3.63) is 40.3 Å². The number of nitrogens with zero attached hydrogens (tertiary/aromatic N) is 4. The summed E-state index contributed by atoms with van der Waals surface area (Å²) in [7, 11) is 3.38. The van der Waals surface area contributed by atoms with Gasteiger partial charge in [-0.05, 0) is 117 Å². The molecule has 11 nitrogen and oxygen atoms in total. The highest BCUT2D eigenvalue weighted by Crippen LogP contribution is 2.40. The zero-order valence-electron chi connectivity index (χ0n) is 32.1. The molecule has 4 rings (SSSR count). The highest BCUT2D eigenvalue weighted by atomic mass is 32.1. The molecule has 50 heavy (non-hydrogen) atoms. The van der Waals surface area contributed by atoms with Crippen LogP contribution in [-0.4, -0.2) is 79.5 Å². The number of rotatable bonds is 8. The Kier molecular flexibility index (Phi) is 10.8. The van der Waals surface area contributed by atoms with Gasteiger partial charge in [-0.15, -0.1) is 11.3 Å². The van der Waals surface area contributed by atoms with Crippen molar-refractivity contribution in [2.45, 2.75) is 125 Å². The molecule has 0 saturated carbocycles. The molecule has 12 heteroatoms. The summed E-state index contributed by atoms with van der Waals surface area (Å²) in [6.07, 6.45) is -0.323. The number of benzene rings is 1. The molecule has 3 aromatic heterocycles. The van der Waals surface area contributed by atoms with Crippen LogP contribution < -0.4 is 0 Å². The second-order valence-electron chi connectivity index (χ2n) is 16.9. The number of esters is 1. The van der Waals surface area contributed by atoms with Crippen LogP contribution in [0.3, 0.4) is 0 Å². The lowest BCUT2D eigenvalue weighted by molar-refractivity contribution is 0.0519. The molecule has 274 valence electrons. The van der Waals surface area contributed by atoms with Crippen LogP contribution in [0.4, 0.5) is 9.59 Å². The fourth-order valence-electron chi connectivity index (χ4n) is 5.67. The minimum Gasteiger partial charge on any atom is -0.465 e. The third kappa shape index (κ3) is 8.94. The van der Waals surface area contributed by atoms with Gasteiger partial charge in [0.05, 0.1) is 34.1 Å².